The molecule has 8 aromatic carbocycles. The van der Waals surface area contributed by atoms with Crippen LogP contribution >= 0.6 is 0 Å². The van der Waals surface area contributed by atoms with Crippen molar-refractivity contribution in [1.82, 2.24) is 34.5 Å². The highest BCUT2D eigenvalue weighted by Gasteiger charge is 2.19. The molecule has 0 N–H and O–H groups in total. The summed E-state index contributed by atoms with van der Waals surface area (Å²) < 4.78 is 8.27. The molecule has 290 valence electrons. The number of nitrogens with zero attached hydrogens (tertiary/aromatic N) is 7. The van der Waals surface area contributed by atoms with Crippen LogP contribution in [0.1, 0.15) is 0 Å². The minimum atomic E-state index is 0.554. The molecule has 0 fully saturated rings. The first kappa shape index (κ1) is 35.3. The zero-order valence-corrected chi connectivity index (χ0v) is 33.1. The molecule has 0 bridgehead atoms. The van der Waals surface area contributed by atoms with Crippen LogP contribution in [0.15, 0.2) is 205 Å². The Kier molecular flexibility index (Phi) is 8.31. The van der Waals surface area contributed by atoms with E-state index in [-0.39, 0.29) is 0 Å². The molecule has 0 saturated carbocycles. The standard InChI is InChI=1S/C54H33N7O/c1-3-15-34(16-4-1)49-55-51(58-52(56-49)40-29-30-48-44(33-40)43-25-9-12-28-47(43)62-48)38-21-13-19-36(31-38)37-20-14-22-39(32-37)53-57-50(35-17-5-2-6-18-35)59-54(60-53)61-45-26-10-7-23-41(45)42-24-8-11-27-46(42)61/h1-33H. The first-order chi connectivity index (χ1) is 30.7. The molecular formula is C54H33N7O. The van der Waals surface area contributed by atoms with E-state index in [1.54, 1.807) is 0 Å². The number of hydrogen-bond acceptors (Lipinski definition) is 7. The number of aromatic nitrogens is 7. The lowest BCUT2D eigenvalue weighted by Crippen LogP contribution is -2.06. The van der Waals surface area contributed by atoms with Crippen molar-refractivity contribution in [1.29, 1.82) is 0 Å². The second kappa shape index (κ2) is 14.6. The van der Waals surface area contributed by atoms with E-state index in [1.165, 1.54) is 0 Å². The molecule has 8 nitrogen and oxygen atoms in total. The highest BCUT2D eigenvalue weighted by Crippen LogP contribution is 2.35. The third-order valence-corrected chi connectivity index (χ3v) is 11.3. The van der Waals surface area contributed by atoms with Gasteiger partial charge in [0, 0.05) is 49.4 Å². The van der Waals surface area contributed by atoms with Crippen molar-refractivity contribution in [2.75, 3.05) is 0 Å². The van der Waals surface area contributed by atoms with E-state index >= 15 is 0 Å². The van der Waals surface area contributed by atoms with E-state index < -0.39 is 0 Å². The maximum absolute atomic E-state index is 6.14. The number of benzene rings is 8. The molecule has 12 rings (SSSR count). The third-order valence-electron chi connectivity index (χ3n) is 11.3. The van der Waals surface area contributed by atoms with E-state index in [2.05, 4.69) is 95.6 Å². The van der Waals surface area contributed by atoms with Crippen molar-refractivity contribution in [3.05, 3.63) is 200 Å². The lowest BCUT2D eigenvalue weighted by molar-refractivity contribution is 0.669. The fourth-order valence-electron chi connectivity index (χ4n) is 8.34. The highest BCUT2D eigenvalue weighted by molar-refractivity contribution is 6.09. The van der Waals surface area contributed by atoms with Gasteiger partial charge in [-0.1, -0.05) is 152 Å². The first-order valence-corrected chi connectivity index (χ1v) is 20.4. The zero-order valence-electron chi connectivity index (χ0n) is 33.1. The first-order valence-electron chi connectivity index (χ1n) is 20.4. The molecule has 62 heavy (non-hydrogen) atoms. The van der Waals surface area contributed by atoms with Crippen LogP contribution < -0.4 is 0 Å². The molecule has 0 aliphatic carbocycles. The second-order valence-electron chi connectivity index (χ2n) is 15.2. The molecule has 0 aliphatic heterocycles. The Morgan fingerprint density at radius 2 is 0.677 bits per heavy atom. The van der Waals surface area contributed by atoms with Crippen molar-refractivity contribution in [2.45, 2.75) is 0 Å². The Bertz CT molecular complexity index is 3600. The number of hydrogen-bond donors (Lipinski definition) is 0. The number of rotatable bonds is 7. The summed E-state index contributed by atoms with van der Waals surface area (Å²) in [7, 11) is 0. The van der Waals surface area contributed by atoms with E-state index in [0.717, 1.165) is 82.7 Å². The van der Waals surface area contributed by atoms with Gasteiger partial charge in [0.2, 0.25) is 5.95 Å². The second-order valence-corrected chi connectivity index (χ2v) is 15.2. The van der Waals surface area contributed by atoms with Gasteiger partial charge >= 0.3 is 0 Å². The predicted octanol–water partition coefficient (Wildman–Crippen LogP) is 13.1. The SMILES string of the molecule is c1ccc(-c2nc(-c3cccc(-c4cccc(-c5nc(-c6ccccc6)nc(-n6c7ccccc7c7ccccc76)n5)c4)c3)nc(-c3ccc4oc5ccccc5c4c3)n2)cc1. The van der Waals surface area contributed by atoms with Gasteiger partial charge in [-0.25, -0.2) is 19.9 Å². The highest BCUT2D eigenvalue weighted by atomic mass is 16.3. The van der Waals surface area contributed by atoms with Gasteiger partial charge in [0.25, 0.3) is 0 Å². The van der Waals surface area contributed by atoms with Crippen LogP contribution in [0, 0.1) is 0 Å². The molecule has 4 aromatic heterocycles. The van der Waals surface area contributed by atoms with Crippen molar-refractivity contribution >= 4 is 43.7 Å². The zero-order chi connectivity index (χ0) is 41.0. The molecule has 0 saturated heterocycles. The molecule has 12 aromatic rings. The third kappa shape index (κ3) is 6.17. The lowest BCUT2D eigenvalue weighted by atomic mass is 10.0. The number of para-hydroxylation sites is 3. The molecule has 8 heteroatoms. The van der Waals surface area contributed by atoms with Crippen LogP contribution in [-0.4, -0.2) is 34.5 Å². The quantitative estimate of drug-likeness (QED) is 0.158. The lowest BCUT2D eigenvalue weighted by Gasteiger charge is -2.12. The number of fused-ring (bicyclic) bond motifs is 6. The Labute approximate surface area is 355 Å². The van der Waals surface area contributed by atoms with Crippen LogP contribution in [0.2, 0.25) is 0 Å². The molecular weight excluding hydrogens is 763 g/mol. The minimum absolute atomic E-state index is 0.554. The van der Waals surface area contributed by atoms with Crippen molar-refractivity contribution < 1.29 is 4.42 Å². The molecule has 4 heterocycles. The largest absolute Gasteiger partial charge is 0.456 e. The van der Waals surface area contributed by atoms with Gasteiger partial charge in [0.05, 0.1) is 11.0 Å². The maximum Gasteiger partial charge on any atom is 0.238 e. The summed E-state index contributed by atoms with van der Waals surface area (Å²) in [6.07, 6.45) is 0. The van der Waals surface area contributed by atoms with Crippen molar-refractivity contribution in [3.63, 3.8) is 0 Å². The summed E-state index contributed by atoms with van der Waals surface area (Å²) in [5, 5.41) is 4.34. The van der Waals surface area contributed by atoms with Crippen LogP contribution in [-0.2, 0) is 0 Å². The number of furan rings is 1. The maximum atomic E-state index is 6.14. The van der Waals surface area contributed by atoms with Crippen LogP contribution in [0.4, 0.5) is 0 Å². The normalized spacial score (nSPS) is 11.5. The molecule has 0 atom stereocenters. The van der Waals surface area contributed by atoms with Gasteiger partial charge in [-0.2, -0.15) is 9.97 Å². The molecule has 0 amide bonds. The fourth-order valence-corrected chi connectivity index (χ4v) is 8.34. The van der Waals surface area contributed by atoms with E-state index in [9.17, 15) is 0 Å². The van der Waals surface area contributed by atoms with E-state index in [4.69, 9.17) is 34.3 Å². The Morgan fingerprint density at radius 1 is 0.274 bits per heavy atom. The van der Waals surface area contributed by atoms with Gasteiger partial charge in [-0.15, -0.1) is 0 Å². The monoisotopic (exact) mass is 795 g/mol. The summed E-state index contributed by atoms with van der Waals surface area (Å²) in [5.74, 6) is 3.48. The van der Waals surface area contributed by atoms with Gasteiger partial charge < -0.3 is 4.42 Å². The predicted molar refractivity (Wildman–Crippen MR) is 247 cm³/mol. The smallest absolute Gasteiger partial charge is 0.238 e. The van der Waals surface area contributed by atoms with Crippen LogP contribution in [0.25, 0.3) is 118 Å². The van der Waals surface area contributed by atoms with Gasteiger partial charge in [-0.05, 0) is 59.7 Å². The Balaban J connectivity index is 0.973. The Hall–Kier alpha value is -8.62. The van der Waals surface area contributed by atoms with E-state index in [0.29, 0.717) is 35.1 Å². The average molecular weight is 796 g/mol. The molecule has 0 radical (unpaired) electrons. The van der Waals surface area contributed by atoms with Crippen LogP contribution in [0.3, 0.4) is 0 Å². The molecule has 0 unspecified atom stereocenters. The van der Waals surface area contributed by atoms with Crippen LogP contribution in [0.5, 0.6) is 0 Å². The molecule has 0 aliphatic rings. The van der Waals surface area contributed by atoms with Crippen molar-refractivity contribution in [3.8, 4) is 74.0 Å². The van der Waals surface area contributed by atoms with E-state index in [1.807, 2.05) is 109 Å². The Morgan fingerprint density at radius 3 is 1.26 bits per heavy atom. The summed E-state index contributed by atoms with van der Waals surface area (Å²) in [6.45, 7) is 0. The van der Waals surface area contributed by atoms with Gasteiger partial charge in [-0.3, -0.25) is 4.57 Å². The average Bonchev–Trinajstić information content (AvgIpc) is 3.90. The molecule has 0 spiro atoms. The van der Waals surface area contributed by atoms with Crippen molar-refractivity contribution in [2.24, 2.45) is 0 Å². The van der Waals surface area contributed by atoms with Gasteiger partial charge in [0.1, 0.15) is 11.2 Å². The summed E-state index contributed by atoms with van der Waals surface area (Å²) >= 11 is 0. The summed E-state index contributed by atoms with van der Waals surface area (Å²) in [4.78, 5) is 30.5. The summed E-state index contributed by atoms with van der Waals surface area (Å²) in [6, 6.07) is 67.7. The summed E-state index contributed by atoms with van der Waals surface area (Å²) in [5.41, 5.74) is 10.1. The topological polar surface area (TPSA) is 95.4 Å². The minimum Gasteiger partial charge on any atom is -0.456 e. The van der Waals surface area contributed by atoms with Gasteiger partial charge in [0.15, 0.2) is 29.1 Å². The fraction of sp³-hybridized carbons (Fsp3) is 0.